The molecule has 1 unspecified atom stereocenters. The molecule has 1 heterocycles. The summed E-state index contributed by atoms with van der Waals surface area (Å²) in [4.78, 5) is 37.3. The number of amides is 1. The molecule has 142 valence electrons. The van der Waals surface area contributed by atoms with Gasteiger partial charge in [0.25, 0.3) is 0 Å². The van der Waals surface area contributed by atoms with Crippen LogP contribution >= 0.6 is 0 Å². The van der Waals surface area contributed by atoms with Crippen LogP contribution in [0.2, 0.25) is 0 Å². The van der Waals surface area contributed by atoms with E-state index in [9.17, 15) is 14.4 Å². The van der Waals surface area contributed by atoms with Gasteiger partial charge in [-0.25, -0.2) is 0 Å². The smallest absolute Gasteiger partial charge is 0.323 e. The summed E-state index contributed by atoms with van der Waals surface area (Å²) in [5.74, 6) is -1.77. The lowest BCUT2D eigenvalue weighted by Crippen LogP contribution is -2.55. The Morgan fingerprint density at radius 3 is 2.85 bits per heavy atom. The van der Waals surface area contributed by atoms with Crippen molar-refractivity contribution in [1.82, 2.24) is 5.32 Å². The summed E-state index contributed by atoms with van der Waals surface area (Å²) < 4.78 is 10.7. The maximum Gasteiger partial charge on any atom is 0.323 e. The van der Waals surface area contributed by atoms with Crippen molar-refractivity contribution < 1.29 is 29.0 Å². The zero-order valence-electron chi connectivity index (χ0n) is 14.5. The fourth-order valence-electron chi connectivity index (χ4n) is 2.69. The Morgan fingerprint density at radius 1 is 1.46 bits per heavy atom. The summed E-state index contributed by atoms with van der Waals surface area (Å²) in [6.45, 7) is 1.54. The number of esters is 1. The number of anilines is 1. The van der Waals surface area contributed by atoms with Gasteiger partial charge in [0, 0.05) is 0 Å². The molecule has 1 aromatic carbocycles. The van der Waals surface area contributed by atoms with E-state index < -0.39 is 36.5 Å². The zero-order valence-corrected chi connectivity index (χ0v) is 14.5. The molecule has 1 aliphatic heterocycles. The molecule has 1 aliphatic rings. The van der Waals surface area contributed by atoms with Crippen molar-refractivity contribution in [2.45, 2.75) is 25.4 Å². The van der Waals surface area contributed by atoms with Crippen LogP contribution in [0.4, 0.5) is 5.69 Å². The molecule has 0 radical (unpaired) electrons. The van der Waals surface area contributed by atoms with Crippen molar-refractivity contribution in [1.29, 1.82) is 0 Å². The van der Waals surface area contributed by atoms with Crippen molar-refractivity contribution in [3.8, 4) is 5.75 Å². The van der Waals surface area contributed by atoms with Crippen LogP contribution in [0.1, 0.15) is 13.3 Å². The summed E-state index contributed by atoms with van der Waals surface area (Å²) >= 11 is 0. The van der Waals surface area contributed by atoms with E-state index in [1.54, 1.807) is 31.2 Å². The second kappa shape index (κ2) is 9.16. The molecule has 0 spiro atoms. The number of ether oxygens (including phenoxy) is 2. The molecule has 0 saturated carbocycles. The zero-order chi connectivity index (χ0) is 19.1. The van der Waals surface area contributed by atoms with Gasteiger partial charge in [-0.3, -0.25) is 24.6 Å². The number of benzene rings is 1. The third kappa shape index (κ3) is 4.70. The number of fused-ring (bicyclic) bond motifs is 1. The fraction of sp³-hybridized carbons (Fsp3) is 0.471. The summed E-state index contributed by atoms with van der Waals surface area (Å²) in [5, 5.41) is 12.1. The number of carbonyl (C=O) groups excluding carboxylic acids is 2. The Labute approximate surface area is 151 Å². The SMILES string of the molecule is CCOC(=O)[C@H](CCN)NC1COc2ccccc2N(CC(=O)O)C1=O. The van der Waals surface area contributed by atoms with Gasteiger partial charge in [-0.1, -0.05) is 12.1 Å². The first-order chi connectivity index (χ1) is 12.5. The standard InChI is InChI=1S/C17H23N3O6/c1-2-25-17(24)11(7-8-18)19-12-10-26-14-6-4-3-5-13(14)20(16(12)23)9-15(21)22/h3-6,11-12,19H,2,7-10,18H2,1H3,(H,21,22)/t11-,12?/m0/s1. The minimum Gasteiger partial charge on any atom is -0.489 e. The predicted molar refractivity (Wildman–Crippen MR) is 92.9 cm³/mol. The number of hydrogen-bond acceptors (Lipinski definition) is 7. The predicted octanol–water partition coefficient (Wildman–Crippen LogP) is -0.265. The molecule has 0 fully saturated rings. The fourth-order valence-corrected chi connectivity index (χ4v) is 2.69. The van der Waals surface area contributed by atoms with Gasteiger partial charge in [0.1, 0.15) is 31.0 Å². The van der Waals surface area contributed by atoms with Gasteiger partial charge >= 0.3 is 11.9 Å². The van der Waals surface area contributed by atoms with E-state index in [0.29, 0.717) is 11.4 Å². The quantitative estimate of drug-likeness (QED) is 0.537. The highest BCUT2D eigenvalue weighted by molar-refractivity contribution is 6.02. The number of carboxylic acid groups (broad SMARTS) is 1. The number of nitrogens with zero attached hydrogens (tertiary/aromatic N) is 1. The number of carboxylic acids is 1. The number of hydrogen-bond donors (Lipinski definition) is 3. The highest BCUT2D eigenvalue weighted by Gasteiger charge is 2.35. The van der Waals surface area contributed by atoms with Crippen molar-refractivity contribution in [3.63, 3.8) is 0 Å². The Balaban J connectivity index is 2.26. The van der Waals surface area contributed by atoms with Crippen molar-refractivity contribution in [3.05, 3.63) is 24.3 Å². The van der Waals surface area contributed by atoms with Crippen LogP contribution in [-0.2, 0) is 19.1 Å². The van der Waals surface area contributed by atoms with Gasteiger partial charge < -0.3 is 20.3 Å². The van der Waals surface area contributed by atoms with Crippen molar-refractivity contribution in [2.75, 3.05) is 31.2 Å². The van der Waals surface area contributed by atoms with Crippen LogP contribution in [0.15, 0.2) is 24.3 Å². The van der Waals surface area contributed by atoms with E-state index in [0.717, 1.165) is 4.90 Å². The van der Waals surface area contributed by atoms with Crippen LogP contribution in [0, 0.1) is 0 Å². The van der Waals surface area contributed by atoms with Gasteiger partial charge in [-0.05, 0) is 32.0 Å². The molecule has 0 aromatic heterocycles. The van der Waals surface area contributed by atoms with Gasteiger partial charge in [0.15, 0.2) is 0 Å². The molecule has 9 heteroatoms. The van der Waals surface area contributed by atoms with Crippen LogP contribution in [0.3, 0.4) is 0 Å². The van der Waals surface area contributed by atoms with Gasteiger partial charge in [0.2, 0.25) is 5.91 Å². The number of carbonyl (C=O) groups is 3. The summed E-state index contributed by atoms with van der Waals surface area (Å²) in [6, 6.07) is 4.98. The van der Waals surface area contributed by atoms with E-state index in [1.807, 2.05) is 0 Å². The molecule has 1 aromatic rings. The largest absolute Gasteiger partial charge is 0.489 e. The normalized spacial score (nSPS) is 17.7. The molecular formula is C17H23N3O6. The molecule has 0 bridgehead atoms. The molecule has 0 saturated heterocycles. The first-order valence-electron chi connectivity index (χ1n) is 8.35. The summed E-state index contributed by atoms with van der Waals surface area (Å²) in [7, 11) is 0. The Morgan fingerprint density at radius 2 is 2.19 bits per heavy atom. The summed E-state index contributed by atoms with van der Waals surface area (Å²) in [5.41, 5.74) is 5.92. The second-order valence-corrected chi connectivity index (χ2v) is 5.70. The molecule has 9 nitrogen and oxygen atoms in total. The molecule has 26 heavy (non-hydrogen) atoms. The Kier molecular flexibility index (Phi) is 6.93. The number of para-hydroxylation sites is 2. The lowest BCUT2D eigenvalue weighted by Gasteiger charge is -2.26. The van der Waals surface area contributed by atoms with Gasteiger partial charge in [-0.15, -0.1) is 0 Å². The maximum atomic E-state index is 12.9. The highest BCUT2D eigenvalue weighted by Crippen LogP contribution is 2.31. The minimum absolute atomic E-state index is 0.0492. The average Bonchev–Trinajstić information content (AvgIpc) is 2.73. The molecule has 2 atom stereocenters. The van der Waals surface area contributed by atoms with Crippen LogP contribution in [0.25, 0.3) is 0 Å². The van der Waals surface area contributed by atoms with Crippen molar-refractivity contribution in [2.24, 2.45) is 5.73 Å². The third-order valence-electron chi connectivity index (χ3n) is 3.85. The summed E-state index contributed by atoms with van der Waals surface area (Å²) in [6.07, 6.45) is 0.272. The number of rotatable bonds is 8. The minimum atomic E-state index is -1.15. The van der Waals surface area contributed by atoms with Gasteiger partial charge in [-0.2, -0.15) is 0 Å². The molecule has 1 amide bonds. The number of nitrogens with one attached hydrogen (secondary N) is 1. The monoisotopic (exact) mass is 365 g/mol. The van der Waals surface area contributed by atoms with Crippen LogP contribution in [-0.4, -0.2) is 61.3 Å². The van der Waals surface area contributed by atoms with E-state index in [-0.39, 0.29) is 26.2 Å². The van der Waals surface area contributed by atoms with Crippen LogP contribution in [0.5, 0.6) is 5.75 Å². The number of aliphatic carboxylic acids is 1. The van der Waals surface area contributed by atoms with Crippen LogP contribution < -0.4 is 20.7 Å². The van der Waals surface area contributed by atoms with E-state index in [1.165, 1.54) is 0 Å². The first kappa shape index (κ1) is 19.7. The van der Waals surface area contributed by atoms with Gasteiger partial charge in [0.05, 0.1) is 12.3 Å². The molecular weight excluding hydrogens is 342 g/mol. The van der Waals surface area contributed by atoms with E-state index in [2.05, 4.69) is 5.32 Å². The Hall–Kier alpha value is -2.65. The molecule has 4 N–H and O–H groups in total. The van der Waals surface area contributed by atoms with E-state index >= 15 is 0 Å². The topological polar surface area (TPSA) is 131 Å². The lowest BCUT2D eigenvalue weighted by molar-refractivity contribution is -0.146. The number of nitrogens with two attached hydrogens (primary N) is 1. The lowest BCUT2D eigenvalue weighted by atomic mass is 10.1. The second-order valence-electron chi connectivity index (χ2n) is 5.70. The maximum absolute atomic E-state index is 12.9. The molecule has 2 rings (SSSR count). The average molecular weight is 365 g/mol. The highest BCUT2D eigenvalue weighted by atomic mass is 16.5. The van der Waals surface area contributed by atoms with E-state index in [4.69, 9.17) is 20.3 Å². The molecule has 0 aliphatic carbocycles. The van der Waals surface area contributed by atoms with Crippen molar-refractivity contribution >= 4 is 23.5 Å². The first-order valence-corrected chi connectivity index (χ1v) is 8.35. The Bertz CT molecular complexity index is 666. The third-order valence-corrected chi connectivity index (χ3v) is 3.85.